The second-order valence-corrected chi connectivity index (χ2v) is 6.53. The van der Waals surface area contributed by atoms with Crippen LogP contribution in [0.3, 0.4) is 0 Å². The number of methoxy groups -OCH3 is 1. The first-order chi connectivity index (χ1) is 11.0. The van der Waals surface area contributed by atoms with E-state index < -0.39 is 0 Å². The summed E-state index contributed by atoms with van der Waals surface area (Å²) in [5.74, 6) is 1.75. The summed E-state index contributed by atoms with van der Waals surface area (Å²) in [6.45, 7) is 7.97. The maximum atomic E-state index is 5.46. The molecule has 0 bridgehead atoms. The molecule has 1 aromatic rings. The molecule has 128 valence electrons. The zero-order valence-electron chi connectivity index (χ0n) is 15.1. The molecule has 1 aliphatic carbocycles. The van der Waals surface area contributed by atoms with Crippen LogP contribution >= 0.6 is 0 Å². The summed E-state index contributed by atoms with van der Waals surface area (Å²) in [5, 5.41) is 6.84. The predicted molar refractivity (Wildman–Crippen MR) is 95.0 cm³/mol. The summed E-state index contributed by atoms with van der Waals surface area (Å²) in [7, 11) is 3.51. The third-order valence-electron chi connectivity index (χ3n) is 5.19. The minimum absolute atomic E-state index is 0.471. The van der Waals surface area contributed by atoms with Crippen molar-refractivity contribution in [3.63, 3.8) is 0 Å². The summed E-state index contributed by atoms with van der Waals surface area (Å²) < 4.78 is 5.46. The van der Waals surface area contributed by atoms with Gasteiger partial charge in [-0.1, -0.05) is 13.3 Å². The van der Waals surface area contributed by atoms with Crippen molar-refractivity contribution in [3.05, 3.63) is 23.0 Å². The Morgan fingerprint density at radius 3 is 2.61 bits per heavy atom. The minimum Gasteiger partial charge on any atom is -0.496 e. The number of aromatic nitrogens is 1. The number of guanidine groups is 1. The zero-order chi connectivity index (χ0) is 16.9. The van der Waals surface area contributed by atoms with Crippen LogP contribution in [0.2, 0.25) is 0 Å². The van der Waals surface area contributed by atoms with Crippen molar-refractivity contribution in [1.82, 2.24) is 15.6 Å². The summed E-state index contributed by atoms with van der Waals surface area (Å²) >= 11 is 0. The third-order valence-corrected chi connectivity index (χ3v) is 5.19. The van der Waals surface area contributed by atoms with Crippen molar-refractivity contribution >= 4 is 5.96 Å². The first kappa shape index (κ1) is 17.6. The van der Waals surface area contributed by atoms with E-state index in [9.17, 15) is 0 Å². The summed E-state index contributed by atoms with van der Waals surface area (Å²) in [4.78, 5) is 8.84. The van der Waals surface area contributed by atoms with Crippen LogP contribution in [0.5, 0.6) is 5.75 Å². The molecule has 1 heterocycles. The molecular formula is C18H30N4O. The van der Waals surface area contributed by atoms with E-state index in [1.54, 1.807) is 7.11 Å². The normalized spacial score (nSPS) is 16.7. The largest absolute Gasteiger partial charge is 0.496 e. The van der Waals surface area contributed by atoms with Crippen LogP contribution in [0.4, 0.5) is 0 Å². The molecule has 0 unspecified atom stereocenters. The lowest BCUT2D eigenvalue weighted by Crippen LogP contribution is -2.46. The number of nitrogens with one attached hydrogen (secondary N) is 2. The van der Waals surface area contributed by atoms with Gasteiger partial charge in [0.2, 0.25) is 0 Å². The molecule has 2 rings (SSSR count). The number of aryl methyl sites for hydroxylation is 1. The predicted octanol–water partition coefficient (Wildman–Crippen LogP) is 2.95. The van der Waals surface area contributed by atoms with Crippen LogP contribution in [0, 0.1) is 19.3 Å². The van der Waals surface area contributed by atoms with Gasteiger partial charge in [-0.05, 0) is 38.5 Å². The second-order valence-electron chi connectivity index (χ2n) is 6.53. The average Bonchev–Trinajstić information content (AvgIpc) is 2.51. The molecule has 0 radical (unpaired) electrons. The van der Waals surface area contributed by atoms with Gasteiger partial charge in [-0.2, -0.15) is 0 Å². The molecule has 5 nitrogen and oxygen atoms in total. The van der Waals surface area contributed by atoms with Gasteiger partial charge >= 0.3 is 0 Å². The quantitative estimate of drug-likeness (QED) is 0.625. The monoisotopic (exact) mass is 318 g/mol. The molecule has 1 aromatic heterocycles. The average molecular weight is 318 g/mol. The van der Waals surface area contributed by atoms with Crippen LogP contribution in [0.15, 0.2) is 11.2 Å². The zero-order valence-corrected chi connectivity index (χ0v) is 15.1. The molecule has 2 N–H and O–H groups in total. The van der Waals surface area contributed by atoms with Crippen molar-refractivity contribution in [1.29, 1.82) is 0 Å². The van der Waals surface area contributed by atoms with Gasteiger partial charge in [-0.3, -0.25) is 9.98 Å². The number of rotatable bonds is 6. The van der Waals surface area contributed by atoms with Crippen LogP contribution in [0.25, 0.3) is 0 Å². The van der Waals surface area contributed by atoms with Crippen molar-refractivity contribution in [2.75, 3.05) is 20.7 Å². The van der Waals surface area contributed by atoms with Gasteiger partial charge < -0.3 is 15.4 Å². The Balaban J connectivity index is 1.93. The number of pyridine rings is 1. The third kappa shape index (κ3) is 3.95. The molecule has 0 spiro atoms. The van der Waals surface area contributed by atoms with E-state index in [2.05, 4.69) is 27.5 Å². The fourth-order valence-electron chi connectivity index (χ4n) is 3.24. The highest BCUT2D eigenvalue weighted by atomic mass is 16.5. The lowest BCUT2D eigenvalue weighted by molar-refractivity contribution is 0.131. The number of nitrogens with zero attached hydrogens (tertiary/aromatic N) is 2. The SMILES string of the molecule is CCC1(CNC(=NC)NCc2ncc(C)c(OC)c2C)CCC1. The lowest BCUT2D eigenvalue weighted by atomic mass is 9.67. The van der Waals surface area contributed by atoms with Crippen molar-refractivity contribution in [2.24, 2.45) is 10.4 Å². The Hall–Kier alpha value is -1.78. The number of hydrogen-bond donors (Lipinski definition) is 2. The molecule has 1 saturated carbocycles. The second kappa shape index (κ2) is 7.66. The van der Waals surface area contributed by atoms with E-state index >= 15 is 0 Å². The van der Waals surface area contributed by atoms with E-state index in [0.29, 0.717) is 12.0 Å². The van der Waals surface area contributed by atoms with Gasteiger partial charge in [-0.15, -0.1) is 0 Å². The highest BCUT2D eigenvalue weighted by Crippen LogP contribution is 2.42. The van der Waals surface area contributed by atoms with Gasteiger partial charge in [0, 0.05) is 30.9 Å². The summed E-state index contributed by atoms with van der Waals surface area (Å²) in [5.41, 5.74) is 3.61. The fraction of sp³-hybridized carbons (Fsp3) is 0.667. The smallest absolute Gasteiger partial charge is 0.191 e. The first-order valence-electron chi connectivity index (χ1n) is 8.49. The molecule has 0 amide bonds. The van der Waals surface area contributed by atoms with Gasteiger partial charge in [0.15, 0.2) is 5.96 Å². The van der Waals surface area contributed by atoms with Gasteiger partial charge in [0.1, 0.15) is 5.75 Å². The topological polar surface area (TPSA) is 58.5 Å². The summed E-state index contributed by atoms with van der Waals surface area (Å²) in [6.07, 6.45) is 7.09. The maximum Gasteiger partial charge on any atom is 0.191 e. The standard InChI is InChI=1S/C18H30N4O/c1-6-18(8-7-9-18)12-22-17(19-4)21-11-15-14(3)16(23-5)13(2)10-20-15/h10H,6-9,11-12H2,1-5H3,(H2,19,21,22). The molecule has 5 heteroatoms. The summed E-state index contributed by atoms with van der Waals surface area (Å²) in [6, 6.07) is 0. The van der Waals surface area contributed by atoms with Crippen molar-refractivity contribution < 1.29 is 4.74 Å². The van der Waals surface area contributed by atoms with E-state index in [1.807, 2.05) is 27.1 Å². The van der Waals surface area contributed by atoms with Crippen molar-refractivity contribution in [2.45, 2.75) is 53.0 Å². The highest BCUT2D eigenvalue weighted by Gasteiger charge is 2.34. The molecule has 23 heavy (non-hydrogen) atoms. The highest BCUT2D eigenvalue weighted by molar-refractivity contribution is 5.79. The van der Waals surface area contributed by atoms with E-state index in [4.69, 9.17) is 4.74 Å². The Labute approximate surface area is 139 Å². The molecule has 1 fully saturated rings. The van der Waals surface area contributed by atoms with Crippen LogP contribution in [-0.2, 0) is 6.54 Å². The van der Waals surface area contributed by atoms with Gasteiger partial charge in [0.05, 0.1) is 19.3 Å². The molecular weight excluding hydrogens is 288 g/mol. The fourth-order valence-corrected chi connectivity index (χ4v) is 3.24. The Kier molecular flexibility index (Phi) is 5.85. The maximum absolute atomic E-state index is 5.46. The Morgan fingerprint density at radius 1 is 1.35 bits per heavy atom. The first-order valence-corrected chi connectivity index (χ1v) is 8.49. The van der Waals surface area contributed by atoms with Crippen molar-refractivity contribution in [3.8, 4) is 5.75 Å². The molecule has 0 aliphatic heterocycles. The number of ether oxygens (including phenoxy) is 1. The number of aliphatic imine (C=N–C) groups is 1. The van der Waals surface area contributed by atoms with Crippen LogP contribution < -0.4 is 15.4 Å². The Bertz CT molecular complexity index is 559. The molecule has 1 aliphatic rings. The van der Waals surface area contributed by atoms with Crippen LogP contribution in [-0.4, -0.2) is 31.6 Å². The van der Waals surface area contributed by atoms with Crippen LogP contribution in [0.1, 0.15) is 49.4 Å². The lowest BCUT2D eigenvalue weighted by Gasteiger charge is -2.41. The Morgan fingerprint density at radius 2 is 2.09 bits per heavy atom. The molecule has 0 saturated heterocycles. The van der Waals surface area contributed by atoms with Gasteiger partial charge in [-0.25, -0.2) is 0 Å². The van der Waals surface area contributed by atoms with E-state index in [0.717, 1.165) is 35.1 Å². The minimum atomic E-state index is 0.471. The van der Waals surface area contributed by atoms with Gasteiger partial charge in [0.25, 0.3) is 0 Å². The molecule has 0 atom stereocenters. The number of hydrogen-bond acceptors (Lipinski definition) is 3. The van der Waals surface area contributed by atoms with E-state index in [-0.39, 0.29) is 0 Å². The van der Waals surface area contributed by atoms with E-state index in [1.165, 1.54) is 25.7 Å². The molecule has 0 aromatic carbocycles.